The summed E-state index contributed by atoms with van der Waals surface area (Å²) < 4.78 is 19.9. The number of thiazole rings is 1. The normalized spacial score (nSPS) is 14.9. The monoisotopic (exact) mass is 488 g/mol. The SMILES string of the molecule is CCC1Oc2ccc(-c3csc(-c4ccccn4)n3)cc2N(CC(=O)Nc2ccccc2F)C1=O. The maximum atomic E-state index is 14.0. The topological polar surface area (TPSA) is 84.4 Å². The lowest BCUT2D eigenvalue weighted by atomic mass is 10.1. The molecule has 176 valence electrons. The van der Waals surface area contributed by atoms with Crippen molar-refractivity contribution in [1.29, 1.82) is 0 Å². The second kappa shape index (κ2) is 9.63. The van der Waals surface area contributed by atoms with E-state index < -0.39 is 17.8 Å². The quantitative estimate of drug-likeness (QED) is 0.406. The van der Waals surface area contributed by atoms with Gasteiger partial charge in [0.1, 0.15) is 23.1 Å². The second-order valence-electron chi connectivity index (χ2n) is 7.90. The van der Waals surface area contributed by atoms with Crippen molar-refractivity contribution < 1.29 is 18.7 Å². The minimum Gasteiger partial charge on any atom is -0.478 e. The number of amides is 2. The van der Waals surface area contributed by atoms with Crippen molar-refractivity contribution in [1.82, 2.24) is 9.97 Å². The number of rotatable bonds is 6. The van der Waals surface area contributed by atoms with E-state index in [0.717, 1.165) is 22.0 Å². The summed E-state index contributed by atoms with van der Waals surface area (Å²) in [7, 11) is 0. The molecule has 0 aliphatic carbocycles. The van der Waals surface area contributed by atoms with Gasteiger partial charge in [0, 0.05) is 17.1 Å². The van der Waals surface area contributed by atoms with Crippen LogP contribution in [0.15, 0.2) is 72.2 Å². The summed E-state index contributed by atoms with van der Waals surface area (Å²) in [6, 6.07) is 17.0. The van der Waals surface area contributed by atoms with Crippen LogP contribution in [-0.4, -0.2) is 34.4 Å². The summed E-state index contributed by atoms with van der Waals surface area (Å²) in [4.78, 5) is 36.3. The minimum atomic E-state index is -0.704. The highest BCUT2D eigenvalue weighted by Gasteiger charge is 2.35. The molecule has 0 saturated heterocycles. The molecule has 0 spiro atoms. The highest BCUT2D eigenvalue weighted by Crippen LogP contribution is 2.39. The number of carbonyl (C=O) groups excluding carboxylic acids is 2. The number of nitrogens with one attached hydrogen (secondary N) is 1. The first-order valence-corrected chi connectivity index (χ1v) is 11.9. The molecule has 0 radical (unpaired) electrons. The van der Waals surface area contributed by atoms with Crippen LogP contribution in [0.1, 0.15) is 13.3 Å². The molecule has 1 aliphatic heterocycles. The van der Waals surface area contributed by atoms with E-state index >= 15 is 0 Å². The number of nitrogens with zero attached hydrogens (tertiary/aromatic N) is 3. The van der Waals surface area contributed by atoms with Crippen molar-refractivity contribution in [2.75, 3.05) is 16.8 Å². The maximum absolute atomic E-state index is 14.0. The Bertz CT molecular complexity index is 1390. The molecule has 0 saturated carbocycles. The molecule has 5 rings (SSSR count). The smallest absolute Gasteiger partial charge is 0.268 e. The van der Waals surface area contributed by atoms with Gasteiger partial charge in [-0.3, -0.25) is 19.5 Å². The van der Waals surface area contributed by atoms with Crippen LogP contribution in [0, 0.1) is 5.82 Å². The molecule has 9 heteroatoms. The third-order valence-corrected chi connectivity index (χ3v) is 6.43. The van der Waals surface area contributed by atoms with Crippen molar-refractivity contribution in [2.45, 2.75) is 19.4 Å². The van der Waals surface area contributed by atoms with Crippen LogP contribution in [0.2, 0.25) is 0 Å². The third-order valence-electron chi connectivity index (χ3n) is 5.56. The standard InChI is InChI=1S/C26H21FN4O3S/c1-2-22-26(33)31(14-24(32)29-18-8-4-3-7-17(18)27)21-13-16(10-11-23(21)34-22)20-15-35-25(30-20)19-9-5-6-12-28-19/h3-13,15,22H,2,14H2,1H3,(H,29,32). The number of anilines is 2. The number of hydrogen-bond acceptors (Lipinski definition) is 6. The summed E-state index contributed by atoms with van der Waals surface area (Å²) >= 11 is 1.47. The number of aromatic nitrogens is 2. The van der Waals surface area contributed by atoms with Gasteiger partial charge in [0.15, 0.2) is 6.10 Å². The number of fused-ring (bicyclic) bond motifs is 1. The number of benzene rings is 2. The van der Waals surface area contributed by atoms with E-state index in [4.69, 9.17) is 9.72 Å². The van der Waals surface area contributed by atoms with Crippen LogP contribution >= 0.6 is 11.3 Å². The molecule has 1 N–H and O–H groups in total. The molecule has 7 nitrogen and oxygen atoms in total. The van der Waals surface area contributed by atoms with Gasteiger partial charge in [0.2, 0.25) is 5.91 Å². The Morgan fingerprint density at radius 2 is 1.97 bits per heavy atom. The molecule has 2 aromatic heterocycles. The molecule has 0 fully saturated rings. The first-order valence-electron chi connectivity index (χ1n) is 11.1. The van der Waals surface area contributed by atoms with Gasteiger partial charge in [-0.05, 0) is 48.9 Å². The zero-order valence-corrected chi connectivity index (χ0v) is 19.6. The first kappa shape index (κ1) is 22.7. The molecular formula is C26H21FN4O3S. The fraction of sp³-hybridized carbons (Fsp3) is 0.154. The highest BCUT2D eigenvalue weighted by atomic mass is 32.1. The van der Waals surface area contributed by atoms with E-state index in [-0.39, 0.29) is 18.1 Å². The second-order valence-corrected chi connectivity index (χ2v) is 8.76. The van der Waals surface area contributed by atoms with Crippen molar-refractivity contribution in [3.05, 3.63) is 78.1 Å². The lowest BCUT2D eigenvalue weighted by Gasteiger charge is -2.34. The van der Waals surface area contributed by atoms with Gasteiger partial charge in [0.05, 0.1) is 22.8 Å². The van der Waals surface area contributed by atoms with Crippen molar-refractivity contribution in [3.63, 3.8) is 0 Å². The van der Waals surface area contributed by atoms with Crippen molar-refractivity contribution in [3.8, 4) is 27.7 Å². The lowest BCUT2D eigenvalue weighted by molar-refractivity contribution is -0.128. The molecule has 2 amide bonds. The van der Waals surface area contributed by atoms with E-state index in [1.54, 1.807) is 24.4 Å². The number of pyridine rings is 1. The molecule has 3 heterocycles. The Morgan fingerprint density at radius 3 is 2.74 bits per heavy atom. The molecule has 1 atom stereocenters. The summed E-state index contributed by atoms with van der Waals surface area (Å²) in [5.41, 5.74) is 2.79. The fourth-order valence-electron chi connectivity index (χ4n) is 3.81. The Balaban J connectivity index is 1.45. The van der Waals surface area contributed by atoms with E-state index in [2.05, 4.69) is 10.3 Å². The zero-order chi connectivity index (χ0) is 24.4. The molecule has 4 aromatic rings. The fourth-order valence-corrected chi connectivity index (χ4v) is 4.62. The Labute approximate surface area is 205 Å². The summed E-state index contributed by atoms with van der Waals surface area (Å²) in [5.74, 6) is -0.884. The van der Waals surface area contributed by atoms with Crippen LogP contribution in [0.25, 0.3) is 22.0 Å². The van der Waals surface area contributed by atoms with Gasteiger partial charge in [-0.1, -0.05) is 25.1 Å². The Hall–Kier alpha value is -4.11. The van der Waals surface area contributed by atoms with Crippen LogP contribution in [0.3, 0.4) is 0 Å². The van der Waals surface area contributed by atoms with Gasteiger partial charge < -0.3 is 10.1 Å². The van der Waals surface area contributed by atoms with Gasteiger partial charge in [0.25, 0.3) is 5.91 Å². The molecule has 1 unspecified atom stereocenters. The van der Waals surface area contributed by atoms with Crippen molar-refractivity contribution >= 4 is 34.5 Å². The number of ether oxygens (including phenoxy) is 1. The first-order chi connectivity index (χ1) is 17.0. The molecular weight excluding hydrogens is 467 g/mol. The van der Waals surface area contributed by atoms with Crippen molar-refractivity contribution in [2.24, 2.45) is 0 Å². The van der Waals surface area contributed by atoms with Crippen LogP contribution in [0.4, 0.5) is 15.8 Å². The number of halogens is 1. The van der Waals surface area contributed by atoms with E-state index in [1.807, 2.05) is 36.6 Å². The maximum Gasteiger partial charge on any atom is 0.268 e. The van der Waals surface area contributed by atoms with E-state index in [0.29, 0.717) is 17.9 Å². The Kier molecular flexibility index (Phi) is 6.24. The third kappa shape index (κ3) is 4.63. The van der Waals surface area contributed by atoms with E-state index in [9.17, 15) is 14.0 Å². The van der Waals surface area contributed by atoms with Crippen LogP contribution < -0.4 is 15.0 Å². The number of para-hydroxylation sites is 1. The van der Waals surface area contributed by atoms with Gasteiger partial charge in [-0.25, -0.2) is 9.37 Å². The summed E-state index contributed by atoms with van der Waals surface area (Å²) in [6.07, 6.45) is 1.46. The number of hydrogen-bond donors (Lipinski definition) is 1. The molecule has 0 bridgehead atoms. The number of carbonyl (C=O) groups is 2. The van der Waals surface area contributed by atoms with Gasteiger partial charge >= 0.3 is 0 Å². The summed E-state index contributed by atoms with van der Waals surface area (Å²) in [6.45, 7) is 1.56. The predicted octanol–water partition coefficient (Wildman–Crippen LogP) is 5.15. The summed E-state index contributed by atoms with van der Waals surface area (Å²) in [5, 5.41) is 5.24. The average molecular weight is 489 g/mol. The lowest BCUT2D eigenvalue weighted by Crippen LogP contribution is -2.48. The van der Waals surface area contributed by atoms with Crippen LogP contribution in [-0.2, 0) is 9.59 Å². The Morgan fingerprint density at radius 1 is 1.14 bits per heavy atom. The van der Waals surface area contributed by atoms with Gasteiger partial charge in [-0.15, -0.1) is 11.3 Å². The minimum absolute atomic E-state index is 0.0590. The zero-order valence-electron chi connectivity index (χ0n) is 18.8. The van der Waals surface area contributed by atoms with Gasteiger partial charge in [-0.2, -0.15) is 0 Å². The highest BCUT2D eigenvalue weighted by molar-refractivity contribution is 7.13. The van der Waals surface area contributed by atoms with Crippen LogP contribution in [0.5, 0.6) is 5.75 Å². The molecule has 2 aromatic carbocycles. The largest absolute Gasteiger partial charge is 0.478 e. The predicted molar refractivity (Wildman–Crippen MR) is 133 cm³/mol. The molecule has 35 heavy (non-hydrogen) atoms. The molecule has 1 aliphatic rings. The van der Waals surface area contributed by atoms with E-state index in [1.165, 1.54) is 34.4 Å². The average Bonchev–Trinajstić information content (AvgIpc) is 3.38.